The number of hydrogen-bond acceptors (Lipinski definition) is 3. The highest BCUT2D eigenvalue weighted by Crippen LogP contribution is 2.32. The van der Waals surface area contributed by atoms with Gasteiger partial charge in [0.2, 0.25) is 0 Å². The Morgan fingerprint density at radius 1 is 1.24 bits per heavy atom. The summed E-state index contributed by atoms with van der Waals surface area (Å²) >= 11 is 0. The molecule has 29 heavy (non-hydrogen) atoms. The number of nitrogens with zero attached hydrogens (tertiary/aromatic N) is 2. The molecular formula is C22H24FN3O3. The predicted octanol–water partition coefficient (Wildman–Crippen LogP) is 3.47. The zero-order valence-corrected chi connectivity index (χ0v) is 16.8. The average molecular weight is 397 g/mol. The molecule has 1 fully saturated rings. The van der Waals surface area contributed by atoms with Gasteiger partial charge in [0.15, 0.2) is 5.78 Å². The second-order valence-corrected chi connectivity index (χ2v) is 7.19. The minimum absolute atomic E-state index is 0.280. The quantitative estimate of drug-likeness (QED) is 0.442. The van der Waals surface area contributed by atoms with E-state index in [0.717, 1.165) is 16.3 Å². The highest BCUT2D eigenvalue weighted by molar-refractivity contribution is 6.11. The minimum atomic E-state index is -1.30. The molecule has 152 valence electrons. The number of allylic oxidation sites excluding steroid dienone is 1. The molecule has 1 N–H and O–H groups in total. The molecule has 2 heterocycles. The van der Waals surface area contributed by atoms with Gasteiger partial charge >= 0.3 is 6.03 Å². The molecule has 3 rings (SSSR count). The van der Waals surface area contributed by atoms with E-state index in [4.69, 9.17) is 0 Å². The monoisotopic (exact) mass is 397 g/mol. The molecule has 1 saturated heterocycles. The van der Waals surface area contributed by atoms with Crippen LogP contribution >= 0.6 is 0 Å². The molecule has 1 atom stereocenters. The van der Waals surface area contributed by atoms with Gasteiger partial charge in [-0.2, -0.15) is 0 Å². The van der Waals surface area contributed by atoms with E-state index in [0.29, 0.717) is 17.7 Å². The number of amides is 3. The van der Waals surface area contributed by atoms with Gasteiger partial charge in [-0.15, -0.1) is 6.58 Å². The van der Waals surface area contributed by atoms with Gasteiger partial charge in [0, 0.05) is 23.5 Å². The first-order chi connectivity index (χ1) is 13.7. The Hall–Kier alpha value is -3.22. The molecule has 1 aromatic carbocycles. The third-order valence-electron chi connectivity index (χ3n) is 5.53. The van der Waals surface area contributed by atoms with Crippen LogP contribution in [0.4, 0.5) is 9.18 Å². The number of aromatic nitrogens is 1. The lowest BCUT2D eigenvalue weighted by Crippen LogP contribution is -2.43. The summed E-state index contributed by atoms with van der Waals surface area (Å²) < 4.78 is 15.2. The maximum absolute atomic E-state index is 13.3. The van der Waals surface area contributed by atoms with E-state index in [2.05, 4.69) is 11.9 Å². The van der Waals surface area contributed by atoms with E-state index >= 15 is 0 Å². The number of hydrogen-bond donors (Lipinski definition) is 1. The highest BCUT2D eigenvalue weighted by atomic mass is 19.1. The van der Waals surface area contributed by atoms with E-state index in [9.17, 15) is 18.8 Å². The summed E-state index contributed by atoms with van der Waals surface area (Å²) in [5.74, 6) is -1.26. The molecule has 6 nitrogen and oxygen atoms in total. The van der Waals surface area contributed by atoms with Crippen molar-refractivity contribution >= 4 is 17.7 Å². The number of carbonyl (C=O) groups is 3. The molecule has 0 saturated carbocycles. The lowest BCUT2D eigenvalue weighted by molar-refractivity contribution is -0.131. The summed E-state index contributed by atoms with van der Waals surface area (Å²) in [7, 11) is 0. The smallest absolute Gasteiger partial charge is 0.325 e. The van der Waals surface area contributed by atoms with Crippen LogP contribution < -0.4 is 5.32 Å². The van der Waals surface area contributed by atoms with Crippen molar-refractivity contribution in [2.24, 2.45) is 0 Å². The van der Waals surface area contributed by atoms with Gasteiger partial charge in [-0.3, -0.25) is 14.5 Å². The van der Waals surface area contributed by atoms with Crippen molar-refractivity contribution in [1.29, 1.82) is 0 Å². The second kappa shape index (κ2) is 7.66. The van der Waals surface area contributed by atoms with Crippen molar-refractivity contribution in [2.45, 2.75) is 39.3 Å². The van der Waals surface area contributed by atoms with Gasteiger partial charge in [-0.25, -0.2) is 9.18 Å². The minimum Gasteiger partial charge on any atom is -0.345 e. The predicted molar refractivity (Wildman–Crippen MR) is 107 cm³/mol. The third kappa shape index (κ3) is 3.37. The maximum Gasteiger partial charge on any atom is 0.325 e. The zero-order chi connectivity index (χ0) is 21.3. The molecular weight excluding hydrogens is 373 g/mol. The van der Waals surface area contributed by atoms with Crippen molar-refractivity contribution in [1.82, 2.24) is 14.8 Å². The molecule has 1 aromatic heterocycles. The van der Waals surface area contributed by atoms with Crippen molar-refractivity contribution in [2.75, 3.05) is 6.54 Å². The Morgan fingerprint density at radius 3 is 2.48 bits per heavy atom. The van der Waals surface area contributed by atoms with Crippen molar-refractivity contribution in [3.8, 4) is 0 Å². The molecule has 0 unspecified atom stereocenters. The molecule has 0 spiro atoms. The van der Waals surface area contributed by atoms with E-state index < -0.39 is 23.3 Å². The van der Waals surface area contributed by atoms with Crippen LogP contribution in [0, 0.1) is 19.7 Å². The number of rotatable bonds is 7. The number of aryl methyl sites for hydroxylation is 1. The van der Waals surface area contributed by atoms with Crippen molar-refractivity contribution < 1.29 is 18.8 Å². The number of Topliss-reactive ketones (excluding diaryl/α,β-unsaturated/α-hetero) is 1. The lowest BCUT2D eigenvalue weighted by atomic mass is 9.87. The SMILES string of the molecule is C=CCn1c(C)cc(C(=O)CN2C(=O)N[C@](CC)(c3ccc(F)cc3)C2=O)c1C. The van der Waals surface area contributed by atoms with Crippen LogP contribution in [0.3, 0.4) is 0 Å². The first-order valence-electron chi connectivity index (χ1n) is 9.46. The van der Waals surface area contributed by atoms with Gasteiger partial charge in [-0.05, 0) is 44.0 Å². The van der Waals surface area contributed by atoms with Crippen LogP contribution in [-0.2, 0) is 16.9 Å². The summed E-state index contributed by atoms with van der Waals surface area (Å²) in [4.78, 5) is 39.6. The molecule has 1 aliphatic heterocycles. The molecule has 3 amide bonds. The molecule has 2 aromatic rings. The Morgan fingerprint density at radius 2 is 1.90 bits per heavy atom. The Kier molecular flexibility index (Phi) is 5.42. The number of benzene rings is 1. The van der Waals surface area contributed by atoms with Gasteiger partial charge in [0.05, 0.1) is 6.54 Å². The van der Waals surface area contributed by atoms with Crippen LogP contribution in [0.15, 0.2) is 43.0 Å². The van der Waals surface area contributed by atoms with Crippen molar-refractivity contribution in [3.63, 3.8) is 0 Å². The Balaban J connectivity index is 1.89. The molecule has 0 bridgehead atoms. The first kappa shape index (κ1) is 20.5. The van der Waals surface area contributed by atoms with E-state index in [1.165, 1.54) is 24.3 Å². The number of halogens is 1. The summed E-state index contributed by atoms with van der Waals surface area (Å²) in [6.07, 6.45) is 2.02. The van der Waals surface area contributed by atoms with Gasteiger partial charge in [0.25, 0.3) is 5.91 Å². The number of urea groups is 1. The largest absolute Gasteiger partial charge is 0.345 e. The number of nitrogens with one attached hydrogen (secondary N) is 1. The molecule has 0 radical (unpaired) electrons. The van der Waals surface area contributed by atoms with Crippen molar-refractivity contribution in [3.05, 3.63) is 71.3 Å². The molecule has 7 heteroatoms. The van der Waals surface area contributed by atoms with Crippen LogP contribution in [0.5, 0.6) is 0 Å². The highest BCUT2D eigenvalue weighted by Gasteiger charge is 2.51. The fourth-order valence-corrected chi connectivity index (χ4v) is 3.87. The Bertz CT molecular complexity index is 993. The standard InChI is InChI=1S/C22H24FN3O3/c1-5-11-25-14(3)12-18(15(25)4)19(27)13-26-20(28)22(6-2,24-21(26)29)16-7-9-17(23)10-8-16/h5,7-10,12H,1,6,11,13H2,2-4H3,(H,24,29)/t22-/m1/s1. The van der Waals surface area contributed by atoms with E-state index in [-0.39, 0.29) is 18.7 Å². The Labute approximate surface area is 169 Å². The summed E-state index contributed by atoms with van der Waals surface area (Å²) in [6.45, 7) is 9.40. The van der Waals surface area contributed by atoms with E-state index in [1.807, 2.05) is 18.4 Å². The van der Waals surface area contributed by atoms with Gasteiger partial charge in [-0.1, -0.05) is 25.1 Å². The van der Waals surface area contributed by atoms with E-state index in [1.54, 1.807) is 19.1 Å². The maximum atomic E-state index is 13.3. The van der Waals surface area contributed by atoms with Crippen LogP contribution in [0.1, 0.15) is 40.7 Å². The van der Waals surface area contributed by atoms with Gasteiger partial charge < -0.3 is 9.88 Å². The topological polar surface area (TPSA) is 71.4 Å². The summed E-state index contributed by atoms with van der Waals surface area (Å²) in [5.41, 5.74) is 1.32. The molecule has 1 aliphatic rings. The number of imide groups is 1. The van der Waals surface area contributed by atoms with Crippen LogP contribution in [-0.4, -0.2) is 33.7 Å². The summed E-state index contributed by atoms with van der Waals surface area (Å²) in [5, 5.41) is 2.71. The fraction of sp³-hybridized carbons (Fsp3) is 0.318. The van der Waals surface area contributed by atoms with Gasteiger partial charge in [0.1, 0.15) is 11.4 Å². The fourth-order valence-electron chi connectivity index (χ4n) is 3.87. The second-order valence-electron chi connectivity index (χ2n) is 7.19. The van der Waals surface area contributed by atoms with Crippen LogP contribution in [0.25, 0.3) is 0 Å². The lowest BCUT2D eigenvalue weighted by Gasteiger charge is -2.25. The zero-order valence-electron chi connectivity index (χ0n) is 16.8. The number of ketones is 1. The third-order valence-corrected chi connectivity index (χ3v) is 5.53. The first-order valence-corrected chi connectivity index (χ1v) is 9.46. The normalized spacial score (nSPS) is 18.8. The average Bonchev–Trinajstić information content (AvgIpc) is 3.11. The number of carbonyl (C=O) groups excluding carboxylic acids is 3. The molecule has 0 aliphatic carbocycles. The van der Waals surface area contributed by atoms with Crippen LogP contribution in [0.2, 0.25) is 0 Å². The summed E-state index contributed by atoms with van der Waals surface area (Å²) in [6, 6.07) is 6.57.